The van der Waals surface area contributed by atoms with Crippen LogP contribution in [-0.4, -0.2) is 62.8 Å². The number of aryl methyl sites for hydroxylation is 2. The molecule has 8 heteroatoms. The third-order valence-corrected chi connectivity index (χ3v) is 6.13. The van der Waals surface area contributed by atoms with E-state index in [9.17, 15) is 4.79 Å². The second-order valence-corrected chi connectivity index (χ2v) is 8.23. The number of fused-ring (bicyclic) bond motifs is 1. The van der Waals surface area contributed by atoms with Gasteiger partial charge >= 0.3 is 0 Å². The summed E-state index contributed by atoms with van der Waals surface area (Å²) in [5.74, 6) is 0.819. The Morgan fingerprint density at radius 3 is 2.60 bits per heavy atom. The van der Waals surface area contributed by atoms with E-state index < -0.39 is 5.60 Å². The maximum atomic E-state index is 13.4. The lowest BCUT2D eigenvalue weighted by Crippen LogP contribution is -2.60. The van der Waals surface area contributed by atoms with Crippen LogP contribution in [0.4, 0.5) is 5.95 Å². The number of hydrogen-bond donors (Lipinski definition) is 1. The number of aromatic nitrogens is 4. The molecule has 4 heterocycles. The Morgan fingerprint density at radius 2 is 1.83 bits per heavy atom. The summed E-state index contributed by atoms with van der Waals surface area (Å²) in [5, 5.41) is 8.52. The van der Waals surface area contributed by atoms with E-state index in [1.807, 2.05) is 49.1 Å². The summed E-state index contributed by atoms with van der Waals surface area (Å²) in [4.78, 5) is 26.6. The number of aromatic amines is 1. The molecule has 0 aliphatic carbocycles. The van der Waals surface area contributed by atoms with Gasteiger partial charge in [0.25, 0.3) is 5.91 Å². The molecule has 1 aromatic carbocycles. The highest BCUT2D eigenvalue weighted by atomic mass is 16.5. The quantitative estimate of drug-likeness (QED) is 0.719. The summed E-state index contributed by atoms with van der Waals surface area (Å²) >= 11 is 0. The molecule has 156 valence electrons. The van der Waals surface area contributed by atoms with Gasteiger partial charge in [0.05, 0.1) is 24.4 Å². The number of nitrogens with zero attached hydrogens (tertiary/aromatic N) is 5. The summed E-state index contributed by atoms with van der Waals surface area (Å²) in [6.07, 6.45) is 1.28. The fourth-order valence-electron chi connectivity index (χ4n) is 4.55. The topological polar surface area (TPSA) is 87.2 Å². The molecule has 0 atom stereocenters. The highest BCUT2D eigenvalue weighted by molar-refractivity contribution is 5.87. The fraction of sp³-hybridized carbons (Fsp3) is 0.455. The van der Waals surface area contributed by atoms with E-state index in [-0.39, 0.29) is 5.91 Å². The van der Waals surface area contributed by atoms with Crippen molar-refractivity contribution in [1.29, 1.82) is 0 Å². The predicted molar refractivity (Wildman–Crippen MR) is 113 cm³/mol. The van der Waals surface area contributed by atoms with Crippen molar-refractivity contribution in [1.82, 2.24) is 25.1 Å². The van der Waals surface area contributed by atoms with Crippen molar-refractivity contribution < 1.29 is 9.53 Å². The average Bonchev–Trinajstić information content (AvgIpc) is 3.14. The Hall–Kier alpha value is -3.00. The van der Waals surface area contributed by atoms with Gasteiger partial charge in [-0.15, -0.1) is 0 Å². The van der Waals surface area contributed by atoms with Gasteiger partial charge in [0.15, 0.2) is 0 Å². The normalized spacial score (nSPS) is 19.1. The number of H-pyrrole nitrogens is 1. The molecule has 8 nitrogen and oxygen atoms in total. The maximum Gasteiger partial charge on any atom is 0.255 e. The van der Waals surface area contributed by atoms with Crippen LogP contribution in [0.25, 0.3) is 10.9 Å². The SMILES string of the molecule is Cc1cc(C)nc(N2CCC3(CC2)OCCN(Cc2[nH]nc4ccccc24)C3=O)n1. The van der Waals surface area contributed by atoms with Gasteiger partial charge in [-0.1, -0.05) is 18.2 Å². The molecule has 1 N–H and O–H groups in total. The van der Waals surface area contributed by atoms with Crippen LogP contribution in [0.2, 0.25) is 0 Å². The number of ether oxygens (including phenoxy) is 1. The van der Waals surface area contributed by atoms with Crippen molar-refractivity contribution in [3.8, 4) is 0 Å². The summed E-state index contributed by atoms with van der Waals surface area (Å²) in [6.45, 7) is 7.04. The molecule has 30 heavy (non-hydrogen) atoms. The third kappa shape index (κ3) is 3.31. The number of carbonyl (C=O) groups excluding carboxylic acids is 1. The number of morpholine rings is 1. The predicted octanol–water partition coefficient (Wildman–Crippen LogP) is 2.37. The lowest BCUT2D eigenvalue weighted by atomic mass is 9.88. The number of hydrogen-bond acceptors (Lipinski definition) is 6. The Labute approximate surface area is 175 Å². The minimum atomic E-state index is -0.747. The molecule has 2 aliphatic rings. The van der Waals surface area contributed by atoms with Gasteiger partial charge in [0.2, 0.25) is 5.95 Å². The van der Waals surface area contributed by atoms with Crippen LogP contribution in [0.1, 0.15) is 29.9 Å². The van der Waals surface area contributed by atoms with E-state index in [1.54, 1.807) is 0 Å². The van der Waals surface area contributed by atoms with Crippen LogP contribution in [-0.2, 0) is 16.1 Å². The van der Waals surface area contributed by atoms with Crippen molar-refractivity contribution >= 4 is 22.8 Å². The smallest absolute Gasteiger partial charge is 0.255 e. The highest BCUT2D eigenvalue weighted by Gasteiger charge is 2.47. The van der Waals surface area contributed by atoms with Gasteiger partial charge < -0.3 is 14.5 Å². The average molecular weight is 406 g/mol. The summed E-state index contributed by atoms with van der Waals surface area (Å²) in [5.41, 5.74) is 3.06. The Balaban J connectivity index is 1.31. The Morgan fingerprint density at radius 1 is 1.10 bits per heavy atom. The second kappa shape index (κ2) is 7.36. The number of nitrogens with one attached hydrogen (secondary N) is 1. The fourth-order valence-corrected chi connectivity index (χ4v) is 4.55. The zero-order valence-corrected chi connectivity index (χ0v) is 17.4. The zero-order valence-electron chi connectivity index (χ0n) is 17.4. The van der Waals surface area contributed by atoms with Gasteiger partial charge in [-0.05, 0) is 26.0 Å². The number of anilines is 1. The highest BCUT2D eigenvalue weighted by Crippen LogP contribution is 2.33. The van der Waals surface area contributed by atoms with E-state index >= 15 is 0 Å². The third-order valence-electron chi connectivity index (χ3n) is 6.13. The monoisotopic (exact) mass is 406 g/mol. The molecule has 2 aromatic heterocycles. The van der Waals surface area contributed by atoms with E-state index in [0.29, 0.717) is 45.6 Å². The molecule has 2 saturated heterocycles. The number of para-hydroxylation sites is 1. The molecule has 1 amide bonds. The first-order valence-corrected chi connectivity index (χ1v) is 10.5. The first-order chi connectivity index (χ1) is 14.5. The van der Waals surface area contributed by atoms with Crippen molar-refractivity contribution in [2.45, 2.75) is 38.8 Å². The number of rotatable bonds is 3. The minimum absolute atomic E-state index is 0.0772. The van der Waals surface area contributed by atoms with Crippen LogP contribution in [0.5, 0.6) is 0 Å². The van der Waals surface area contributed by atoms with Crippen molar-refractivity contribution in [3.05, 3.63) is 47.4 Å². The van der Waals surface area contributed by atoms with Crippen molar-refractivity contribution in [2.75, 3.05) is 31.1 Å². The first-order valence-electron chi connectivity index (χ1n) is 10.5. The zero-order chi connectivity index (χ0) is 20.7. The van der Waals surface area contributed by atoms with Crippen LogP contribution in [0.3, 0.4) is 0 Å². The molecule has 0 bridgehead atoms. The first kappa shape index (κ1) is 19.0. The Kier molecular flexibility index (Phi) is 4.66. The number of carbonyl (C=O) groups is 1. The van der Waals surface area contributed by atoms with Gasteiger partial charge in [-0.2, -0.15) is 5.10 Å². The van der Waals surface area contributed by atoms with Crippen molar-refractivity contribution in [3.63, 3.8) is 0 Å². The van der Waals surface area contributed by atoms with Crippen LogP contribution >= 0.6 is 0 Å². The lowest BCUT2D eigenvalue weighted by molar-refractivity contribution is -0.176. The standard InChI is InChI=1S/C22H26N6O2/c1-15-13-16(2)24-21(23-15)27-9-7-22(8-10-27)20(29)28(11-12-30-22)14-19-17-5-3-4-6-18(17)25-26-19/h3-6,13H,7-12,14H2,1-2H3,(H,25,26). The van der Waals surface area contributed by atoms with Crippen LogP contribution in [0.15, 0.2) is 30.3 Å². The number of piperidine rings is 1. The summed E-state index contributed by atoms with van der Waals surface area (Å²) in [7, 11) is 0. The Bertz CT molecular complexity index is 1070. The molecule has 2 aliphatic heterocycles. The van der Waals surface area contributed by atoms with E-state index in [2.05, 4.69) is 25.1 Å². The number of amides is 1. The van der Waals surface area contributed by atoms with E-state index in [4.69, 9.17) is 4.74 Å². The van der Waals surface area contributed by atoms with Gasteiger partial charge in [-0.25, -0.2) is 9.97 Å². The molecule has 2 fully saturated rings. The minimum Gasteiger partial charge on any atom is -0.363 e. The molecule has 0 radical (unpaired) electrons. The van der Waals surface area contributed by atoms with Crippen LogP contribution < -0.4 is 4.90 Å². The lowest BCUT2D eigenvalue weighted by Gasteiger charge is -2.46. The molecule has 3 aromatic rings. The number of benzene rings is 1. The van der Waals surface area contributed by atoms with E-state index in [1.165, 1.54) is 0 Å². The molecule has 1 spiro atoms. The van der Waals surface area contributed by atoms with Gasteiger partial charge in [0, 0.05) is 49.2 Å². The molecular formula is C22H26N6O2. The summed E-state index contributed by atoms with van der Waals surface area (Å²) < 4.78 is 6.10. The molecule has 5 rings (SSSR count). The summed E-state index contributed by atoms with van der Waals surface area (Å²) in [6, 6.07) is 9.95. The second-order valence-electron chi connectivity index (χ2n) is 8.23. The van der Waals surface area contributed by atoms with Gasteiger partial charge in [0.1, 0.15) is 5.60 Å². The van der Waals surface area contributed by atoms with Gasteiger partial charge in [-0.3, -0.25) is 9.89 Å². The maximum absolute atomic E-state index is 13.4. The van der Waals surface area contributed by atoms with Crippen molar-refractivity contribution in [2.24, 2.45) is 0 Å². The molecular weight excluding hydrogens is 380 g/mol. The molecule has 0 unspecified atom stereocenters. The van der Waals surface area contributed by atoms with Crippen LogP contribution in [0, 0.1) is 13.8 Å². The molecule has 0 saturated carbocycles. The largest absolute Gasteiger partial charge is 0.363 e. The van der Waals surface area contributed by atoms with E-state index in [0.717, 1.165) is 33.9 Å².